The molecule has 1 fully saturated rings. The third-order valence-electron chi connectivity index (χ3n) is 3.31. The number of ether oxygens (including phenoxy) is 1. The van der Waals surface area contributed by atoms with Crippen molar-refractivity contribution in [1.29, 1.82) is 0 Å². The van der Waals surface area contributed by atoms with E-state index >= 15 is 0 Å². The summed E-state index contributed by atoms with van der Waals surface area (Å²) in [5, 5.41) is 1.24. The van der Waals surface area contributed by atoms with Gasteiger partial charge in [-0.25, -0.2) is 5.01 Å². The van der Waals surface area contributed by atoms with E-state index in [0.29, 0.717) is 11.4 Å². The molecule has 2 aromatic carbocycles. The first-order chi connectivity index (χ1) is 10.7. The first kappa shape index (κ1) is 13.9. The zero-order valence-corrected chi connectivity index (χ0v) is 11.9. The summed E-state index contributed by atoms with van der Waals surface area (Å²) in [5.74, 6) is -0.129. The highest BCUT2D eigenvalue weighted by Gasteiger charge is 2.34. The van der Waals surface area contributed by atoms with E-state index in [9.17, 15) is 9.59 Å². The van der Waals surface area contributed by atoms with E-state index in [2.05, 4.69) is 5.43 Å². The highest BCUT2D eigenvalue weighted by Crippen LogP contribution is 2.22. The van der Waals surface area contributed by atoms with Crippen molar-refractivity contribution in [3.63, 3.8) is 0 Å². The maximum atomic E-state index is 12.4. The largest absolute Gasteiger partial charge is 0.497 e. The zero-order valence-electron chi connectivity index (χ0n) is 11.9. The molecule has 1 N–H and O–H groups in total. The van der Waals surface area contributed by atoms with Gasteiger partial charge in [-0.1, -0.05) is 30.3 Å². The van der Waals surface area contributed by atoms with E-state index in [-0.39, 0.29) is 11.5 Å². The molecule has 1 heterocycles. The average molecular weight is 294 g/mol. The molecule has 22 heavy (non-hydrogen) atoms. The predicted molar refractivity (Wildman–Crippen MR) is 83.0 cm³/mol. The van der Waals surface area contributed by atoms with Crippen molar-refractivity contribution < 1.29 is 14.3 Å². The quantitative estimate of drug-likeness (QED) is 0.697. The number of carbonyl (C=O) groups is 2. The average Bonchev–Trinajstić information content (AvgIpc) is 2.84. The molecule has 0 saturated carbocycles. The summed E-state index contributed by atoms with van der Waals surface area (Å²) >= 11 is 0. The lowest BCUT2D eigenvalue weighted by Gasteiger charge is -2.13. The van der Waals surface area contributed by atoms with Crippen LogP contribution in [0.4, 0.5) is 5.69 Å². The van der Waals surface area contributed by atoms with Crippen LogP contribution >= 0.6 is 0 Å². The number of hydrogen-bond donors (Lipinski definition) is 1. The van der Waals surface area contributed by atoms with Gasteiger partial charge in [-0.3, -0.25) is 15.0 Å². The lowest BCUT2D eigenvalue weighted by molar-refractivity contribution is -0.117. The molecule has 0 bridgehead atoms. The summed E-state index contributed by atoms with van der Waals surface area (Å²) in [6.07, 6.45) is 1.56. The highest BCUT2D eigenvalue weighted by atomic mass is 16.5. The number of hydrazine groups is 1. The molecular formula is C17H14N2O3. The van der Waals surface area contributed by atoms with Crippen LogP contribution in [-0.4, -0.2) is 18.9 Å². The van der Waals surface area contributed by atoms with Gasteiger partial charge in [0.2, 0.25) is 0 Å². The number of hydrogen-bond acceptors (Lipinski definition) is 3. The Morgan fingerprint density at radius 1 is 1.05 bits per heavy atom. The number of methoxy groups -OCH3 is 1. The summed E-state index contributed by atoms with van der Waals surface area (Å²) < 4.78 is 5.14. The minimum absolute atomic E-state index is 0.0945. The number of anilines is 1. The molecule has 0 atom stereocenters. The second kappa shape index (κ2) is 5.73. The topological polar surface area (TPSA) is 58.6 Å². The van der Waals surface area contributed by atoms with Gasteiger partial charge in [0.1, 0.15) is 11.3 Å². The van der Waals surface area contributed by atoms with Crippen molar-refractivity contribution in [3.8, 4) is 5.75 Å². The number of para-hydroxylation sites is 1. The Hall–Kier alpha value is -3.08. The van der Waals surface area contributed by atoms with Gasteiger partial charge in [0.15, 0.2) is 0 Å². The van der Waals surface area contributed by atoms with Gasteiger partial charge in [0.05, 0.1) is 12.8 Å². The lowest BCUT2D eigenvalue weighted by atomic mass is 10.1. The minimum atomic E-state index is -0.420. The third kappa shape index (κ3) is 2.56. The first-order valence-corrected chi connectivity index (χ1v) is 6.75. The molecule has 0 unspecified atom stereocenters. The van der Waals surface area contributed by atoms with Crippen molar-refractivity contribution in [3.05, 3.63) is 65.7 Å². The van der Waals surface area contributed by atoms with Crippen molar-refractivity contribution in [1.82, 2.24) is 5.43 Å². The van der Waals surface area contributed by atoms with Gasteiger partial charge < -0.3 is 4.74 Å². The first-order valence-electron chi connectivity index (χ1n) is 6.75. The lowest BCUT2D eigenvalue weighted by Crippen LogP contribution is -2.35. The second-order valence-electron chi connectivity index (χ2n) is 4.75. The number of rotatable bonds is 3. The van der Waals surface area contributed by atoms with E-state index in [4.69, 9.17) is 4.74 Å². The van der Waals surface area contributed by atoms with Crippen molar-refractivity contribution in [2.45, 2.75) is 0 Å². The molecule has 1 aliphatic rings. The van der Waals surface area contributed by atoms with Crippen LogP contribution in [0.1, 0.15) is 5.56 Å². The van der Waals surface area contributed by atoms with Gasteiger partial charge in [-0.15, -0.1) is 0 Å². The number of amides is 2. The van der Waals surface area contributed by atoms with Crippen molar-refractivity contribution in [2.24, 2.45) is 0 Å². The summed E-state index contributed by atoms with van der Waals surface area (Å²) in [7, 11) is 1.57. The Balaban J connectivity index is 1.93. The zero-order chi connectivity index (χ0) is 15.5. The molecule has 0 spiro atoms. The molecule has 110 valence electrons. The van der Waals surface area contributed by atoms with Gasteiger partial charge in [0.25, 0.3) is 11.8 Å². The van der Waals surface area contributed by atoms with Crippen LogP contribution in [0.25, 0.3) is 6.08 Å². The van der Waals surface area contributed by atoms with Gasteiger partial charge in [0, 0.05) is 0 Å². The molecule has 3 rings (SSSR count). The van der Waals surface area contributed by atoms with Crippen LogP contribution in [0.3, 0.4) is 0 Å². The molecule has 1 aliphatic heterocycles. The standard InChI is InChI=1S/C17H14N2O3/c1-22-14-9-5-6-12(10-14)11-15-16(20)18-19(17(15)21)13-7-3-2-4-8-13/h2-11H,1H3,(H,18,20)/b15-11+. The minimum Gasteiger partial charge on any atom is -0.497 e. The molecular weight excluding hydrogens is 280 g/mol. The number of benzene rings is 2. The van der Waals surface area contributed by atoms with E-state index in [1.54, 1.807) is 61.7 Å². The molecule has 2 aromatic rings. The number of nitrogens with zero attached hydrogens (tertiary/aromatic N) is 1. The van der Waals surface area contributed by atoms with Crippen LogP contribution < -0.4 is 15.2 Å². The van der Waals surface area contributed by atoms with Crippen molar-refractivity contribution >= 4 is 23.6 Å². The molecule has 1 saturated heterocycles. The summed E-state index contributed by atoms with van der Waals surface area (Å²) in [4.78, 5) is 24.5. The SMILES string of the molecule is COc1cccc(/C=C2\C(=O)NN(c3ccccc3)C2=O)c1. The second-order valence-corrected chi connectivity index (χ2v) is 4.75. The van der Waals surface area contributed by atoms with E-state index in [1.807, 2.05) is 6.07 Å². The predicted octanol–water partition coefficient (Wildman–Crippen LogP) is 2.16. The normalized spacial score (nSPS) is 16.0. The van der Waals surface area contributed by atoms with Crippen LogP contribution in [0, 0.1) is 0 Å². The fraction of sp³-hybridized carbons (Fsp3) is 0.0588. The third-order valence-corrected chi connectivity index (χ3v) is 3.31. The summed E-state index contributed by atoms with van der Waals surface area (Å²) in [6.45, 7) is 0. The Bertz CT molecular complexity index is 754. The van der Waals surface area contributed by atoms with E-state index in [0.717, 1.165) is 5.56 Å². The fourth-order valence-corrected chi connectivity index (χ4v) is 2.21. The number of nitrogens with one attached hydrogen (secondary N) is 1. The maximum absolute atomic E-state index is 12.4. The van der Waals surface area contributed by atoms with Crippen LogP contribution in [-0.2, 0) is 9.59 Å². The van der Waals surface area contributed by atoms with Crippen LogP contribution in [0.15, 0.2) is 60.2 Å². The molecule has 0 aromatic heterocycles. The smallest absolute Gasteiger partial charge is 0.282 e. The summed E-state index contributed by atoms with van der Waals surface area (Å²) in [5.41, 5.74) is 4.01. The fourth-order valence-electron chi connectivity index (χ4n) is 2.21. The van der Waals surface area contributed by atoms with Crippen molar-refractivity contribution in [2.75, 3.05) is 12.1 Å². The highest BCUT2D eigenvalue weighted by molar-refractivity contribution is 6.31. The van der Waals surface area contributed by atoms with Crippen LogP contribution in [0.2, 0.25) is 0 Å². The monoisotopic (exact) mass is 294 g/mol. The Kier molecular flexibility index (Phi) is 3.62. The van der Waals surface area contributed by atoms with E-state index < -0.39 is 5.91 Å². The molecule has 5 nitrogen and oxygen atoms in total. The van der Waals surface area contributed by atoms with Gasteiger partial charge >= 0.3 is 0 Å². The molecule has 0 aliphatic carbocycles. The molecule has 5 heteroatoms. The van der Waals surface area contributed by atoms with Gasteiger partial charge in [-0.2, -0.15) is 0 Å². The molecule has 2 amide bonds. The Morgan fingerprint density at radius 3 is 2.55 bits per heavy atom. The molecule has 0 radical (unpaired) electrons. The Morgan fingerprint density at radius 2 is 1.82 bits per heavy atom. The van der Waals surface area contributed by atoms with Crippen LogP contribution in [0.5, 0.6) is 5.75 Å². The maximum Gasteiger partial charge on any atom is 0.282 e. The Labute approximate surface area is 127 Å². The van der Waals surface area contributed by atoms with Gasteiger partial charge in [-0.05, 0) is 35.9 Å². The summed E-state index contributed by atoms with van der Waals surface area (Å²) in [6, 6.07) is 16.1. The van der Waals surface area contributed by atoms with E-state index in [1.165, 1.54) is 5.01 Å². The number of carbonyl (C=O) groups excluding carboxylic acids is 2.